The van der Waals surface area contributed by atoms with Crippen LogP contribution < -0.4 is 4.90 Å². The first-order valence-corrected chi connectivity index (χ1v) is 6.26. The van der Waals surface area contributed by atoms with Crippen molar-refractivity contribution < 1.29 is 14.6 Å². The monoisotopic (exact) mass is 267 g/mol. The van der Waals surface area contributed by atoms with Gasteiger partial charge in [-0.2, -0.15) is 0 Å². The van der Waals surface area contributed by atoms with Crippen LogP contribution in [0.1, 0.15) is 30.0 Å². The van der Waals surface area contributed by atoms with Crippen LogP contribution in [0.4, 0.5) is 5.82 Å². The fourth-order valence-corrected chi connectivity index (χ4v) is 1.78. The predicted molar refractivity (Wildman–Crippen MR) is 72.7 cm³/mol. The number of hydrogen-bond acceptors (Lipinski definition) is 5. The highest BCUT2D eigenvalue weighted by Gasteiger charge is 2.19. The van der Waals surface area contributed by atoms with Gasteiger partial charge in [-0.3, -0.25) is 0 Å². The van der Waals surface area contributed by atoms with Gasteiger partial charge in [0.15, 0.2) is 0 Å². The number of ether oxygens (including phenoxy) is 1. The Kier molecular flexibility index (Phi) is 5.69. The van der Waals surface area contributed by atoms with E-state index in [1.54, 1.807) is 14.0 Å². The number of methoxy groups -OCH3 is 1. The van der Waals surface area contributed by atoms with Gasteiger partial charge in [-0.1, -0.05) is 13.8 Å². The van der Waals surface area contributed by atoms with Gasteiger partial charge in [-0.05, 0) is 12.8 Å². The van der Waals surface area contributed by atoms with Crippen LogP contribution in [0, 0.1) is 12.8 Å². The molecule has 106 valence electrons. The van der Waals surface area contributed by atoms with Gasteiger partial charge >= 0.3 is 5.97 Å². The summed E-state index contributed by atoms with van der Waals surface area (Å²) >= 11 is 0. The minimum Gasteiger partial charge on any atom is -0.477 e. The van der Waals surface area contributed by atoms with Crippen molar-refractivity contribution in [1.29, 1.82) is 0 Å². The van der Waals surface area contributed by atoms with E-state index in [9.17, 15) is 9.90 Å². The average Bonchev–Trinajstić information content (AvgIpc) is 2.33. The number of carbonyl (C=O) groups is 1. The summed E-state index contributed by atoms with van der Waals surface area (Å²) < 4.78 is 5.07. The van der Waals surface area contributed by atoms with Crippen LogP contribution in [0.5, 0.6) is 0 Å². The summed E-state index contributed by atoms with van der Waals surface area (Å²) in [7, 11) is 1.62. The van der Waals surface area contributed by atoms with Gasteiger partial charge in [0.1, 0.15) is 17.2 Å². The third kappa shape index (κ3) is 4.48. The van der Waals surface area contributed by atoms with Gasteiger partial charge in [0.05, 0.1) is 6.61 Å². The largest absolute Gasteiger partial charge is 0.477 e. The summed E-state index contributed by atoms with van der Waals surface area (Å²) in [5.74, 6) is 0.409. The maximum absolute atomic E-state index is 11.3. The number of rotatable bonds is 7. The summed E-state index contributed by atoms with van der Waals surface area (Å²) in [6, 6.07) is 0. The second-order valence-corrected chi connectivity index (χ2v) is 4.79. The molecule has 0 amide bonds. The Morgan fingerprint density at radius 3 is 2.74 bits per heavy atom. The molecule has 6 nitrogen and oxygen atoms in total. The van der Waals surface area contributed by atoms with Gasteiger partial charge < -0.3 is 14.7 Å². The molecule has 0 saturated heterocycles. The number of hydrogen-bond donors (Lipinski definition) is 1. The SMILES string of the molecule is COCCN(CC(C)C)c1nc(C)ncc1C(=O)O. The summed E-state index contributed by atoms with van der Waals surface area (Å²) in [6.07, 6.45) is 1.36. The molecule has 0 aromatic carbocycles. The Hall–Kier alpha value is -1.69. The number of aromatic carboxylic acids is 1. The molecule has 1 heterocycles. The molecule has 0 aliphatic rings. The van der Waals surface area contributed by atoms with Crippen LogP contribution >= 0.6 is 0 Å². The predicted octanol–water partition coefficient (Wildman–Crippen LogP) is 1.59. The number of nitrogens with zero attached hydrogens (tertiary/aromatic N) is 3. The first-order chi connectivity index (χ1) is 8.95. The lowest BCUT2D eigenvalue weighted by Gasteiger charge is -2.26. The minimum absolute atomic E-state index is 0.127. The lowest BCUT2D eigenvalue weighted by Crippen LogP contribution is -2.33. The van der Waals surface area contributed by atoms with E-state index in [1.165, 1.54) is 6.20 Å². The van der Waals surface area contributed by atoms with Crippen LogP contribution in [0.3, 0.4) is 0 Å². The van der Waals surface area contributed by atoms with E-state index in [-0.39, 0.29) is 5.56 Å². The highest BCUT2D eigenvalue weighted by Crippen LogP contribution is 2.18. The molecule has 1 aromatic heterocycles. The normalized spacial score (nSPS) is 10.8. The van der Waals surface area contributed by atoms with Crippen molar-refractivity contribution in [2.75, 3.05) is 31.7 Å². The van der Waals surface area contributed by atoms with Crippen LogP contribution in [0.15, 0.2) is 6.20 Å². The molecule has 0 atom stereocenters. The average molecular weight is 267 g/mol. The van der Waals surface area contributed by atoms with Crippen LogP contribution in [-0.2, 0) is 4.74 Å². The molecular weight excluding hydrogens is 246 g/mol. The van der Waals surface area contributed by atoms with E-state index >= 15 is 0 Å². The minimum atomic E-state index is -1.01. The number of carboxylic acid groups (broad SMARTS) is 1. The Morgan fingerprint density at radius 2 is 2.21 bits per heavy atom. The van der Waals surface area contributed by atoms with Crippen LogP contribution in [-0.4, -0.2) is 47.8 Å². The summed E-state index contributed by atoms with van der Waals surface area (Å²) in [5.41, 5.74) is 0.127. The Balaban J connectivity index is 3.11. The van der Waals surface area contributed by atoms with Crippen LogP contribution in [0.2, 0.25) is 0 Å². The number of aromatic nitrogens is 2. The molecule has 6 heteroatoms. The van der Waals surface area contributed by atoms with Crippen molar-refractivity contribution in [3.05, 3.63) is 17.6 Å². The van der Waals surface area contributed by atoms with E-state index in [0.717, 1.165) is 6.54 Å². The maximum Gasteiger partial charge on any atom is 0.341 e. The molecule has 1 N–H and O–H groups in total. The molecule has 0 radical (unpaired) electrons. The summed E-state index contributed by atoms with van der Waals surface area (Å²) in [4.78, 5) is 21.4. The molecule has 1 aromatic rings. The van der Waals surface area contributed by atoms with Crippen molar-refractivity contribution in [1.82, 2.24) is 9.97 Å². The zero-order valence-electron chi connectivity index (χ0n) is 11.9. The summed E-state index contributed by atoms with van der Waals surface area (Å²) in [5, 5.41) is 9.23. The topological polar surface area (TPSA) is 75.5 Å². The van der Waals surface area contributed by atoms with Crippen molar-refractivity contribution >= 4 is 11.8 Å². The molecule has 19 heavy (non-hydrogen) atoms. The zero-order chi connectivity index (χ0) is 14.4. The quantitative estimate of drug-likeness (QED) is 0.808. The van der Waals surface area contributed by atoms with Gasteiger partial charge in [-0.25, -0.2) is 14.8 Å². The second-order valence-electron chi connectivity index (χ2n) is 4.79. The van der Waals surface area contributed by atoms with Crippen LogP contribution in [0.25, 0.3) is 0 Å². The maximum atomic E-state index is 11.3. The zero-order valence-corrected chi connectivity index (χ0v) is 11.9. The van der Waals surface area contributed by atoms with Crippen molar-refractivity contribution in [2.24, 2.45) is 5.92 Å². The fraction of sp³-hybridized carbons (Fsp3) is 0.615. The van der Waals surface area contributed by atoms with Crippen molar-refractivity contribution in [3.63, 3.8) is 0 Å². The smallest absolute Gasteiger partial charge is 0.341 e. The Morgan fingerprint density at radius 1 is 1.53 bits per heavy atom. The molecule has 0 aliphatic heterocycles. The standard InChI is InChI=1S/C13H21N3O3/c1-9(2)8-16(5-6-19-4)12-11(13(17)18)7-14-10(3)15-12/h7,9H,5-6,8H2,1-4H3,(H,17,18). The highest BCUT2D eigenvalue weighted by molar-refractivity contribution is 5.92. The lowest BCUT2D eigenvalue weighted by atomic mass is 10.2. The molecule has 0 spiro atoms. The van der Waals surface area contributed by atoms with Gasteiger partial charge in [0, 0.05) is 26.4 Å². The molecular formula is C13H21N3O3. The van der Waals surface area contributed by atoms with E-state index in [2.05, 4.69) is 23.8 Å². The lowest BCUT2D eigenvalue weighted by molar-refractivity contribution is 0.0696. The first-order valence-electron chi connectivity index (χ1n) is 6.26. The van der Waals surface area contributed by atoms with Gasteiger partial charge in [0.2, 0.25) is 0 Å². The number of carboxylic acids is 1. The Labute approximate surface area is 113 Å². The second kappa shape index (κ2) is 7.04. The molecule has 0 fully saturated rings. The van der Waals surface area contributed by atoms with Crippen molar-refractivity contribution in [3.8, 4) is 0 Å². The highest BCUT2D eigenvalue weighted by atomic mass is 16.5. The van der Waals surface area contributed by atoms with Crippen molar-refractivity contribution in [2.45, 2.75) is 20.8 Å². The third-order valence-corrected chi connectivity index (χ3v) is 2.57. The molecule has 0 bridgehead atoms. The molecule has 1 rings (SSSR count). The number of aryl methyl sites for hydroxylation is 1. The van der Waals surface area contributed by atoms with Gasteiger partial charge in [0.25, 0.3) is 0 Å². The Bertz CT molecular complexity index is 435. The van der Waals surface area contributed by atoms with E-state index < -0.39 is 5.97 Å². The fourth-order valence-electron chi connectivity index (χ4n) is 1.78. The summed E-state index contributed by atoms with van der Waals surface area (Å²) in [6.45, 7) is 7.75. The van der Waals surface area contributed by atoms with Gasteiger partial charge in [-0.15, -0.1) is 0 Å². The molecule has 0 unspecified atom stereocenters. The molecule has 0 saturated carbocycles. The van der Waals surface area contributed by atoms with E-state index in [1.807, 2.05) is 4.90 Å². The third-order valence-electron chi connectivity index (χ3n) is 2.57. The van der Waals surface area contributed by atoms with E-state index in [0.29, 0.717) is 30.7 Å². The molecule has 0 aliphatic carbocycles. The number of anilines is 1. The first kappa shape index (κ1) is 15.4. The van der Waals surface area contributed by atoms with E-state index in [4.69, 9.17) is 4.74 Å².